The second-order valence-corrected chi connectivity index (χ2v) is 7.16. The van der Waals surface area contributed by atoms with Gasteiger partial charge in [-0.25, -0.2) is 13.2 Å². The summed E-state index contributed by atoms with van der Waals surface area (Å²) in [5.41, 5.74) is 7.16. The smallest absolute Gasteiger partial charge is 0.255 e. The number of carbonyl (C=O) groups is 1. The number of carbonyl (C=O) groups excluding carboxylic acids is 1. The fourth-order valence-corrected chi connectivity index (χ4v) is 3.21. The van der Waals surface area contributed by atoms with Gasteiger partial charge in [0.05, 0.1) is 18.8 Å². The molecular weight excluding hydrogens is 409 g/mol. The number of hydrogen-bond donors (Lipinski definition) is 3. The van der Waals surface area contributed by atoms with Crippen LogP contribution in [0.15, 0.2) is 54.3 Å². The quantitative estimate of drug-likeness (QED) is 0.488. The summed E-state index contributed by atoms with van der Waals surface area (Å²) in [6, 6.07) is 7.14. The second kappa shape index (κ2) is 11.3. The van der Waals surface area contributed by atoms with Crippen LogP contribution < -0.4 is 21.1 Å². The largest absolute Gasteiger partial charge is 0.489 e. The molecule has 1 aliphatic heterocycles. The third-order valence-electron chi connectivity index (χ3n) is 4.62. The van der Waals surface area contributed by atoms with Crippen LogP contribution in [0.5, 0.6) is 5.75 Å². The fraction of sp³-hybridized carbons (Fsp3) is 0.409. The van der Waals surface area contributed by atoms with Crippen LogP contribution in [0.4, 0.5) is 13.2 Å². The standard InChI is InChI=1S/C22H29F3N4O2/c1-4-5-19(21(25)22(26)27-12-20(23)24)29-11-10-18(13-29)31-17-8-6-16(7-9-17)14(2)28-15(3)30/h5-9,18,20,27H,2,4,10-13,26H2,1,3H3,(H,28,30)/b19-5+,22-21-/t18-/m1/s1. The maximum absolute atomic E-state index is 14.8. The predicted molar refractivity (Wildman–Crippen MR) is 115 cm³/mol. The van der Waals surface area contributed by atoms with Gasteiger partial charge in [-0.2, -0.15) is 0 Å². The van der Waals surface area contributed by atoms with Gasteiger partial charge in [0.15, 0.2) is 5.83 Å². The number of alkyl halides is 2. The number of hydrogen-bond acceptors (Lipinski definition) is 5. The van der Waals surface area contributed by atoms with Crippen molar-refractivity contribution in [3.8, 4) is 5.75 Å². The topological polar surface area (TPSA) is 79.6 Å². The number of rotatable bonds is 10. The summed E-state index contributed by atoms with van der Waals surface area (Å²) in [6.45, 7) is 7.35. The molecule has 0 bridgehead atoms. The van der Waals surface area contributed by atoms with Gasteiger partial charge in [0.1, 0.15) is 17.7 Å². The van der Waals surface area contributed by atoms with Gasteiger partial charge in [0.2, 0.25) is 5.91 Å². The number of likely N-dealkylation sites (tertiary alicyclic amines) is 1. The van der Waals surface area contributed by atoms with Crippen molar-refractivity contribution in [3.05, 3.63) is 59.8 Å². The molecule has 31 heavy (non-hydrogen) atoms. The summed E-state index contributed by atoms with van der Waals surface area (Å²) in [4.78, 5) is 12.9. The highest BCUT2D eigenvalue weighted by Crippen LogP contribution is 2.26. The summed E-state index contributed by atoms with van der Waals surface area (Å²) in [5, 5.41) is 4.85. The minimum absolute atomic E-state index is 0.173. The molecule has 0 radical (unpaired) electrons. The molecule has 6 nitrogen and oxygen atoms in total. The van der Waals surface area contributed by atoms with Gasteiger partial charge in [-0.15, -0.1) is 0 Å². The van der Waals surface area contributed by atoms with Gasteiger partial charge in [-0.05, 0) is 36.2 Å². The number of amides is 1. The van der Waals surface area contributed by atoms with Crippen molar-refractivity contribution in [3.63, 3.8) is 0 Å². The Morgan fingerprint density at radius 3 is 2.65 bits per heavy atom. The lowest BCUT2D eigenvalue weighted by molar-refractivity contribution is -0.117. The highest BCUT2D eigenvalue weighted by molar-refractivity contribution is 5.84. The van der Waals surface area contributed by atoms with Crippen LogP contribution in [0.3, 0.4) is 0 Å². The molecule has 4 N–H and O–H groups in total. The van der Waals surface area contributed by atoms with Crippen LogP contribution >= 0.6 is 0 Å². The number of nitrogens with zero attached hydrogens (tertiary/aromatic N) is 1. The molecule has 1 saturated heterocycles. The van der Waals surface area contributed by atoms with Crippen molar-refractivity contribution < 1.29 is 22.7 Å². The van der Waals surface area contributed by atoms with E-state index in [1.807, 2.05) is 6.92 Å². The monoisotopic (exact) mass is 438 g/mol. The maximum Gasteiger partial charge on any atom is 0.255 e. The van der Waals surface area contributed by atoms with Crippen LogP contribution in [0, 0.1) is 0 Å². The van der Waals surface area contributed by atoms with E-state index in [0.29, 0.717) is 37.4 Å². The average molecular weight is 438 g/mol. The Kier molecular flexibility index (Phi) is 8.84. The molecule has 1 atom stereocenters. The number of nitrogens with one attached hydrogen (secondary N) is 2. The number of allylic oxidation sites excluding steroid dienone is 2. The maximum atomic E-state index is 14.8. The normalized spacial score (nSPS) is 17.4. The van der Waals surface area contributed by atoms with E-state index < -0.39 is 24.6 Å². The molecule has 1 aromatic carbocycles. The van der Waals surface area contributed by atoms with Crippen LogP contribution in [-0.4, -0.2) is 43.0 Å². The minimum Gasteiger partial charge on any atom is -0.489 e. The van der Waals surface area contributed by atoms with Gasteiger partial charge in [0.25, 0.3) is 6.43 Å². The SMILES string of the molecule is C=C(NC(C)=O)c1ccc(O[C@@H]2CCN(C(=C/CC)/C(F)=C(\N)NCC(F)F)C2)cc1. The molecule has 1 aromatic rings. The number of halogens is 3. The third-order valence-corrected chi connectivity index (χ3v) is 4.62. The summed E-state index contributed by atoms with van der Waals surface area (Å²) < 4.78 is 45.5. The lowest BCUT2D eigenvalue weighted by atomic mass is 10.1. The molecule has 0 aliphatic carbocycles. The Morgan fingerprint density at radius 1 is 1.39 bits per heavy atom. The minimum atomic E-state index is -2.63. The number of benzene rings is 1. The van der Waals surface area contributed by atoms with Crippen molar-refractivity contribution >= 4 is 11.6 Å². The Labute approximate surface area is 180 Å². The van der Waals surface area contributed by atoms with Crippen LogP contribution in [0.1, 0.15) is 32.3 Å². The molecule has 1 amide bonds. The molecule has 1 heterocycles. The molecular formula is C22H29F3N4O2. The Bertz CT molecular complexity index is 838. The first-order valence-corrected chi connectivity index (χ1v) is 10.1. The molecule has 0 spiro atoms. The molecule has 9 heteroatoms. The number of nitrogens with two attached hydrogens (primary N) is 1. The van der Waals surface area contributed by atoms with Crippen molar-refractivity contribution in [2.45, 2.75) is 39.2 Å². The zero-order valence-corrected chi connectivity index (χ0v) is 17.8. The zero-order valence-electron chi connectivity index (χ0n) is 17.8. The molecule has 1 aliphatic rings. The first-order chi connectivity index (χ1) is 14.7. The summed E-state index contributed by atoms with van der Waals surface area (Å²) in [5.74, 6) is -0.705. The molecule has 2 rings (SSSR count). The van der Waals surface area contributed by atoms with Crippen molar-refractivity contribution in [2.24, 2.45) is 5.73 Å². The molecule has 1 fully saturated rings. The van der Waals surface area contributed by atoms with Crippen LogP contribution in [-0.2, 0) is 4.79 Å². The zero-order chi connectivity index (χ0) is 23.0. The van der Waals surface area contributed by atoms with E-state index in [-0.39, 0.29) is 17.7 Å². The van der Waals surface area contributed by atoms with Gasteiger partial charge in [-0.1, -0.05) is 19.6 Å². The third kappa shape index (κ3) is 7.27. The summed E-state index contributed by atoms with van der Waals surface area (Å²) in [6.07, 6.45) is 0.104. The average Bonchev–Trinajstić information content (AvgIpc) is 3.17. The van der Waals surface area contributed by atoms with Crippen LogP contribution in [0.2, 0.25) is 0 Å². The van der Waals surface area contributed by atoms with Gasteiger partial charge in [-0.3, -0.25) is 4.79 Å². The van der Waals surface area contributed by atoms with Crippen molar-refractivity contribution in [2.75, 3.05) is 19.6 Å². The van der Waals surface area contributed by atoms with E-state index in [1.165, 1.54) is 6.92 Å². The van der Waals surface area contributed by atoms with Gasteiger partial charge < -0.3 is 26.0 Å². The number of ether oxygens (including phenoxy) is 1. The van der Waals surface area contributed by atoms with E-state index in [9.17, 15) is 18.0 Å². The van der Waals surface area contributed by atoms with E-state index in [0.717, 1.165) is 5.56 Å². The summed E-state index contributed by atoms with van der Waals surface area (Å²) in [7, 11) is 0. The fourth-order valence-electron chi connectivity index (χ4n) is 3.21. The first-order valence-electron chi connectivity index (χ1n) is 10.1. The van der Waals surface area contributed by atoms with Crippen LogP contribution in [0.25, 0.3) is 5.70 Å². The Balaban J connectivity index is 2.01. The van der Waals surface area contributed by atoms with E-state index >= 15 is 0 Å². The van der Waals surface area contributed by atoms with Crippen molar-refractivity contribution in [1.29, 1.82) is 0 Å². The van der Waals surface area contributed by atoms with E-state index in [1.54, 1.807) is 35.2 Å². The predicted octanol–water partition coefficient (Wildman–Crippen LogP) is 3.49. The molecule has 0 saturated carbocycles. The lowest BCUT2D eigenvalue weighted by Gasteiger charge is -2.22. The highest BCUT2D eigenvalue weighted by Gasteiger charge is 2.28. The first kappa shape index (κ1) is 24.2. The Hall–Kier alpha value is -3.10. The summed E-state index contributed by atoms with van der Waals surface area (Å²) >= 11 is 0. The molecule has 0 unspecified atom stereocenters. The lowest BCUT2D eigenvalue weighted by Crippen LogP contribution is -2.30. The highest BCUT2D eigenvalue weighted by atomic mass is 19.3. The second-order valence-electron chi connectivity index (χ2n) is 7.16. The van der Waals surface area contributed by atoms with Crippen molar-refractivity contribution in [1.82, 2.24) is 15.5 Å². The van der Waals surface area contributed by atoms with Gasteiger partial charge in [0, 0.05) is 25.6 Å². The Morgan fingerprint density at radius 2 is 2.06 bits per heavy atom. The van der Waals surface area contributed by atoms with E-state index in [4.69, 9.17) is 10.5 Å². The molecule has 170 valence electrons. The van der Waals surface area contributed by atoms with E-state index in [2.05, 4.69) is 17.2 Å². The molecule has 0 aromatic heterocycles. The van der Waals surface area contributed by atoms with Gasteiger partial charge >= 0.3 is 0 Å².